The highest BCUT2D eigenvalue weighted by atomic mass is 16.5. The molecule has 0 aliphatic heterocycles. The van der Waals surface area contributed by atoms with Crippen molar-refractivity contribution < 1.29 is 31.6 Å². The van der Waals surface area contributed by atoms with Crippen LogP contribution in [0.1, 0.15) is 37.1 Å². The van der Waals surface area contributed by atoms with Gasteiger partial charge in [0, 0.05) is 16.8 Å². The van der Waals surface area contributed by atoms with Gasteiger partial charge in [-0.2, -0.15) is 0 Å². The molecule has 138 valence electrons. The van der Waals surface area contributed by atoms with Crippen LogP contribution in [-0.4, -0.2) is 44.0 Å². The highest BCUT2D eigenvalue weighted by Crippen LogP contribution is 1.93. The Hall–Kier alpha value is -2.82. The van der Waals surface area contributed by atoms with E-state index >= 15 is 0 Å². The molecule has 0 unspecified atom stereocenters. The van der Waals surface area contributed by atoms with Crippen LogP contribution in [0.15, 0.2) is 11.8 Å². The molecule has 0 aliphatic carbocycles. The van der Waals surface area contributed by atoms with Crippen LogP contribution >= 0.6 is 0 Å². The molecule has 0 aliphatic rings. The third-order valence-corrected chi connectivity index (χ3v) is 2.28. The number of ether oxygens (including phenoxy) is 2. The van der Waals surface area contributed by atoms with Crippen molar-refractivity contribution in [1.29, 1.82) is 0 Å². The third kappa shape index (κ3) is 14.1. The molecular formula is C16H28N2O6. The molecule has 0 saturated carbocycles. The van der Waals surface area contributed by atoms with E-state index in [1.54, 1.807) is 13.8 Å². The fourth-order valence-corrected chi connectivity index (χ4v) is 1.26. The molecule has 0 aromatic rings. The fourth-order valence-electron chi connectivity index (χ4n) is 1.26. The molecule has 0 saturated heterocycles. The molecular weight excluding hydrogens is 316 g/mol. The van der Waals surface area contributed by atoms with Gasteiger partial charge in [-0.15, -0.1) is 12.8 Å². The molecule has 2 amide bonds. The molecule has 8 heteroatoms. The smallest absolute Gasteiger partial charge is 0.354 e. The van der Waals surface area contributed by atoms with Crippen molar-refractivity contribution in [2.24, 2.45) is 0 Å². The minimum absolute atomic E-state index is 0.167. The van der Waals surface area contributed by atoms with Crippen LogP contribution in [-0.2, 0) is 28.7 Å². The molecule has 0 spiro atoms. The summed E-state index contributed by atoms with van der Waals surface area (Å²) < 4.78 is 18.8. The van der Waals surface area contributed by atoms with Gasteiger partial charge in [0.15, 0.2) is 0 Å². The van der Waals surface area contributed by atoms with Crippen LogP contribution in [0.25, 0.3) is 0 Å². The van der Waals surface area contributed by atoms with E-state index < -0.39 is 18.0 Å². The summed E-state index contributed by atoms with van der Waals surface area (Å²) in [6.07, 6.45) is 10.0. The van der Waals surface area contributed by atoms with Gasteiger partial charge in [-0.05, 0) is 13.3 Å². The van der Waals surface area contributed by atoms with Gasteiger partial charge in [0.25, 0.3) is 0 Å². The van der Waals surface area contributed by atoms with E-state index in [1.165, 1.54) is 34.1 Å². The SMILES string of the molecule is C#C.C/C=C(\NC(C)=O)C(=O)OC.CC[C@@H](NC(C)=O)C(=O)OC.[2H][2H]. The molecule has 1 atom stereocenters. The number of methoxy groups -OCH3 is 2. The Labute approximate surface area is 146 Å². The maximum absolute atomic E-state index is 10.8. The largest absolute Gasteiger partial charge is 0.467 e. The average Bonchev–Trinajstić information content (AvgIpc) is 2.66. The van der Waals surface area contributed by atoms with Crippen molar-refractivity contribution in [1.82, 2.24) is 10.6 Å². The van der Waals surface area contributed by atoms with Gasteiger partial charge in [-0.3, -0.25) is 9.59 Å². The minimum Gasteiger partial charge on any atom is -0.467 e. The Kier molecular flexibility index (Phi) is 16.2. The Morgan fingerprint density at radius 3 is 1.88 bits per heavy atom. The maximum Gasteiger partial charge on any atom is 0.354 e. The summed E-state index contributed by atoms with van der Waals surface area (Å²) in [6.45, 7) is 6.14. The first-order valence-electron chi connectivity index (χ1n) is 7.93. The van der Waals surface area contributed by atoms with Crippen LogP contribution in [0.3, 0.4) is 0 Å². The summed E-state index contributed by atoms with van der Waals surface area (Å²) in [4.78, 5) is 42.6. The van der Waals surface area contributed by atoms with Gasteiger partial charge in [-0.1, -0.05) is 13.0 Å². The predicted molar refractivity (Wildman–Crippen MR) is 91.5 cm³/mol. The average molecular weight is 346 g/mol. The first kappa shape index (κ1) is 23.4. The van der Waals surface area contributed by atoms with Crippen molar-refractivity contribution in [2.75, 3.05) is 14.2 Å². The topological polar surface area (TPSA) is 111 Å². The number of carbonyl (C=O) groups excluding carboxylic acids is 4. The van der Waals surface area contributed by atoms with Crippen molar-refractivity contribution in [2.45, 2.75) is 40.2 Å². The molecule has 0 rings (SSSR count). The summed E-state index contributed by atoms with van der Waals surface area (Å²) in [6, 6.07) is -0.502. The highest BCUT2D eigenvalue weighted by molar-refractivity contribution is 5.93. The molecule has 0 bridgehead atoms. The number of amides is 2. The summed E-state index contributed by atoms with van der Waals surface area (Å²) in [5.74, 6) is -1.45. The standard InChI is InChI=1S/C7H13NO3.C7H11NO3.C2H2.H2/c2*1-4-6(7(10)11-3)8-5(2)9;1-2;/h6H,4H2,1-3H3,(H,8,9);4H,1-3H3,(H,8,9);1-2H;1H/b;6-4-;;/t6-;;;/m1.../s1/i;;;1+1D. The number of nitrogens with one attached hydrogen (secondary N) is 2. The van der Waals surface area contributed by atoms with Gasteiger partial charge in [-0.25, -0.2) is 9.59 Å². The van der Waals surface area contributed by atoms with E-state index in [0.717, 1.165) is 0 Å². The molecule has 8 nitrogen and oxygen atoms in total. The van der Waals surface area contributed by atoms with E-state index in [2.05, 4.69) is 33.0 Å². The number of hydrogen-bond acceptors (Lipinski definition) is 6. The van der Waals surface area contributed by atoms with Gasteiger partial charge >= 0.3 is 11.9 Å². The Balaban J connectivity index is -0.000000156. The number of allylic oxidation sites excluding steroid dienone is 1. The van der Waals surface area contributed by atoms with Crippen molar-refractivity contribution >= 4 is 23.8 Å². The second-order valence-electron chi connectivity index (χ2n) is 4.06. The molecule has 24 heavy (non-hydrogen) atoms. The van der Waals surface area contributed by atoms with Crippen LogP contribution in [0.4, 0.5) is 0 Å². The first-order valence-corrected chi connectivity index (χ1v) is 6.93. The second-order valence-corrected chi connectivity index (χ2v) is 4.06. The van der Waals surface area contributed by atoms with Crippen LogP contribution in [0, 0.1) is 12.8 Å². The zero-order chi connectivity index (χ0) is 21.7. The number of carbonyl (C=O) groups is 4. The third-order valence-electron chi connectivity index (χ3n) is 2.28. The lowest BCUT2D eigenvalue weighted by atomic mass is 10.2. The van der Waals surface area contributed by atoms with E-state index in [4.69, 9.17) is 2.97 Å². The second kappa shape index (κ2) is 16.5. The number of rotatable bonds is 5. The molecule has 0 fully saturated rings. The van der Waals surface area contributed by atoms with E-state index in [0.29, 0.717) is 6.42 Å². The normalized spacial score (nSPS) is 10.8. The summed E-state index contributed by atoms with van der Waals surface area (Å²) in [5, 5.41) is 4.79. The Bertz CT molecular complexity index is 479. The van der Waals surface area contributed by atoms with Crippen molar-refractivity contribution in [3.8, 4) is 12.8 Å². The highest BCUT2D eigenvalue weighted by Gasteiger charge is 2.16. The summed E-state index contributed by atoms with van der Waals surface area (Å²) in [5.41, 5.74) is 0.167. The van der Waals surface area contributed by atoms with Crippen molar-refractivity contribution in [3.05, 3.63) is 11.8 Å². The minimum atomic E-state index is -0.539. The van der Waals surface area contributed by atoms with Gasteiger partial charge in [0.2, 0.25) is 11.8 Å². The van der Waals surface area contributed by atoms with Crippen LogP contribution in [0.5, 0.6) is 0 Å². The number of hydrogen-bond donors (Lipinski definition) is 2. The van der Waals surface area contributed by atoms with Gasteiger partial charge < -0.3 is 20.1 Å². The monoisotopic (exact) mass is 346 g/mol. The van der Waals surface area contributed by atoms with Gasteiger partial charge in [0.05, 0.1) is 14.2 Å². The van der Waals surface area contributed by atoms with Crippen molar-refractivity contribution in [3.63, 3.8) is 0 Å². The molecule has 0 aromatic heterocycles. The molecule has 2 N–H and O–H groups in total. The molecule has 0 heterocycles. The molecule has 0 aromatic carbocycles. The fraction of sp³-hybridized carbons (Fsp3) is 0.500. The quantitative estimate of drug-likeness (QED) is 0.432. The first-order chi connectivity index (χ1) is 12.2. The van der Waals surface area contributed by atoms with E-state index in [9.17, 15) is 19.2 Å². The number of esters is 2. The molecule has 0 radical (unpaired) electrons. The van der Waals surface area contributed by atoms with Crippen LogP contribution in [0.2, 0.25) is 0 Å². The lowest BCUT2D eigenvalue weighted by Gasteiger charge is -2.12. The zero-order valence-corrected chi connectivity index (χ0v) is 15.0. The summed E-state index contributed by atoms with van der Waals surface area (Å²) in [7, 11) is 2.56. The van der Waals surface area contributed by atoms with Crippen LogP contribution < -0.4 is 10.6 Å². The zero-order valence-electron chi connectivity index (χ0n) is 17.0. The van der Waals surface area contributed by atoms with E-state index in [1.807, 2.05) is 0 Å². The summed E-state index contributed by atoms with van der Waals surface area (Å²) >= 11 is 0. The Morgan fingerprint density at radius 2 is 1.62 bits per heavy atom. The Morgan fingerprint density at radius 1 is 1.12 bits per heavy atom. The van der Waals surface area contributed by atoms with E-state index in [-0.39, 0.29) is 17.5 Å². The van der Waals surface area contributed by atoms with Gasteiger partial charge in [0.1, 0.15) is 11.7 Å². The lowest BCUT2D eigenvalue weighted by Crippen LogP contribution is -2.39. The lowest BCUT2D eigenvalue weighted by molar-refractivity contribution is -0.144. The predicted octanol–water partition coefficient (Wildman–Crippen LogP) is 0.769. The number of terminal acetylenes is 1. The maximum atomic E-state index is 10.8.